The molecule has 2 aliphatic rings. The lowest BCUT2D eigenvalue weighted by molar-refractivity contribution is -0.0274. The van der Waals surface area contributed by atoms with Crippen LogP contribution in [0.3, 0.4) is 0 Å². The highest BCUT2D eigenvalue weighted by atomic mass is 16.5. The number of nitriles is 1. The maximum Gasteiger partial charge on any atom is 0.163 e. The van der Waals surface area contributed by atoms with E-state index in [1.807, 2.05) is 12.1 Å². The predicted octanol–water partition coefficient (Wildman–Crippen LogP) is 1.35. The van der Waals surface area contributed by atoms with E-state index < -0.39 is 0 Å². The summed E-state index contributed by atoms with van der Waals surface area (Å²) in [6.07, 6.45) is 3.11. The Bertz CT molecular complexity index is 463. The summed E-state index contributed by atoms with van der Waals surface area (Å²) < 4.78 is 5.96. The summed E-state index contributed by atoms with van der Waals surface area (Å²) in [4.78, 5) is 2.21. The van der Waals surface area contributed by atoms with Crippen LogP contribution in [-0.2, 0) is 4.74 Å². The number of rotatable bonds is 2. The Kier molecular flexibility index (Phi) is 2.88. The summed E-state index contributed by atoms with van der Waals surface area (Å²) in [6.45, 7) is 3.82. The van der Waals surface area contributed by atoms with E-state index in [2.05, 4.69) is 22.0 Å². The molecule has 3 rings (SSSR count). The maximum atomic E-state index is 8.72. The second-order valence-electron chi connectivity index (χ2n) is 5.12. The lowest BCUT2D eigenvalue weighted by Crippen LogP contribution is -2.47. The van der Waals surface area contributed by atoms with Gasteiger partial charge in [0.05, 0.1) is 12.2 Å². The number of ether oxygens (including phenoxy) is 1. The van der Waals surface area contributed by atoms with E-state index >= 15 is 0 Å². The van der Waals surface area contributed by atoms with Crippen LogP contribution in [0.4, 0.5) is 5.82 Å². The third-order valence-corrected chi connectivity index (χ3v) is 3.52. The first-order valence-corrected chi connectivity index (χ1v) is 6.40. The molecule has 18 heavy (non-hydrogen) atoms. The van der Waals surface area contributed by atoms with E-state index in [9.17, 15) is 0 Å². The molecular weight excluding hydrogens is 228 g/mol. The van der Waals surface area contributed by atoms with Crippen molar-refractivity contribution >= 4 is 5.82 Å². The molecule has 0 bridgehead atoms. The number of hydrogen-bond donors (Lipinski definition) is 0. The van der Waals surface area contributed by atoms with Crippen molar-refractivity contribution in [2.75, 3.05) is 18.0 Å². The van der Waals surface area contributed by atoms with Crippen LogP contribution >= 0.6 is 0 Å². The van der Waals surface area contributed by atoms with Gasteiger partial charge in [0.15, 0.2) is 11.5 Å². The van der Waals surface area contributed by atoms with Crippen LogP contribution in [0.15, 0.2) is 12.1 Å². The second kappa shape index (κ2) is 4.54. The van der Waals surface area contributed by atoms with Gasteiger partial charge in [0.25, 0.3) is 0 Å². The number of morpholine rings is 1. The highest BCUT2D eigenvalue weighted by Gasteiger charge is 2.37. The van der Waals surface area contributed by atoms with Crippen LogP contribution in [0.5, 0.6) is 0 Å². The Morgan fingerprint density at radius 3 is 2.78 bits per heavy atom. The Hall–Kier alpha value is -1.67. The van der Waals surface area contributed by atoms with E-state index in [-0.39, 0.29) is 6.10 Å². The van der Waals surface area contributed by atoms with Crippen molar-refractivity contribution in [3.63, 3.8) is 0 Å². The van der Waals surface area contributed by atoms with Crippen molar-refractivity contribution in [1.29, 1.82) is 5.26 Å². The molecule has 5 nitrogen and oxygen atoms in total. The standard InChI is InChI=1S/C13H16N4O/c1-9-7-17(8-12(18-9)10-2-3-10)13-5-4-11(6-14)15-16-13/h4-5,9-10,12H,2-3,7-8H2,1H3. The molecule has 1 saturated heterocycles. The van der Waals surface area contributed by atoms with Crippen LogP contribution in [-0.4, -0.2) is 35.5 Å². The highest BCUT2D eigenvalue weighted by molar-refractivity contribution is 5.40. The van der Waals surface area contributed by atoms with Crippen molar-refractivity contribution in [3.05, 3.63) is 17.8 Å². The summed E-state index contributed by atoms with van der Waals surface area (Å²) in [5.74, 6) is 1.57. The zero-order chi connectivity index (χ0) is 12.5. The molecule has 2 heterocycles. The number of nitrogens with zero attached hydrogens (tertiary/aromatic N) is 4. The van der Waals surface area contributed by atoms with Crippen molar-refractivity contribution < 1.29 is 4.74 Å². The minimum atomic E-state index is 0.224. The van der Waals surface area contributed by atoms with Gasteiger partial charge in [-0.3, -0.25) is 0 Å². The average molecular weight is 244 g/mol. The molecule has 1 saturated carbocycles. The summed E-state index contributed by atoms with van der Waals surface area (Å²) in [6, 6.07) is 5.57. The van der Waals surface area contributed by atoms with Gasteiger partial charge < -0.3 is 9.64 Å². The van der Waals surface area contributed by atoms with Crippen LogP contribution in [0.2, 0.25) is 0 Å². The SMILES string of the molecule is CC1CN(c2ccc(C#N)nn2)CC(C2CC2)O1. The third kappa shape index (κ3) is 2.29. The van der Waals surface area contributed by atoms with E-state index in [0.717, 1.165) is 24.8 Å². The van der Waals surface area contributed by atoms with Crippen molar-refractivity contribution in [2.45, 2.75) is 32.0 Å². The molecule has 1 aromatic heterocycles. The van der Waals surface area contributed by atoms with Gasteiger partial charge in [-0.15, -0.1) is 10.2 Å². The van der Waals surface area contributed by atoms with Gasteiger partial charge >= 0.3 is 0 Å². The Morgan fingerprint density at radius 1 is 1.33 bits per heavy atom. The van der Waals surface area contributed by atoms with Crippen molar-refractivity contribution in [1.82, 2.24) is 10.2 Å². The lowest BCUT2D eigenvalue weighted by Gasteiger charge is -2.37. The fraction of sp³-hybridized carbons (Fsp3) is 0.615. The van der Waals surface area contributed by atoms with Gasteiger partial charge in [-0.2, -0.15) is 5.26 Å². The molecule has 2 atom stereocenters. The molecule has 0 amide bonds. The quantitative estimate of drug-likeness (QED) is 0.786. The van der Waals surface area contributed by atoms with E-state index in [4.69, 9.17) is 10.00 Å². The summed E-state index contributed by atoms with van der Waals surface area (Å²) in [7, 11) is 0. The fourth-order valence-corrected chi connectivity index (χ4v) is 2.46. The number of hydrogen-bond acceptors (Lipinski definition) is 5. The normalized spacial score (nSPS) is 27.9. The Labute approximate surface area is 106 Å². The van der Waals surface area contributed by atoms with E-state index in [1.54, 1.807) is 6.07 Å². The molecule has 94 valence electrons. The summed E-state index contributed by atoms with van der Waals surface area (Å²) in [5, 5.41) is 16.7. The van der Waals surface area contributed by atoms with Gasteiger partial charge in [-0.1, -0.05) is 0 Å². The van der Waals surface area contributed by atoms with Crippen LogP contribution in [0.1, 0.15) is 25.5 Å². The molecule has 0 radical (unpaired) electrons. The Morgan fingerprint density at radius 2 is 2.17 bits per heavy atom. The van der Waals surface area contributed by atoms with Crippen molar-refractivity contribution in [3.8, 4) is 6.07 Å². The highest BCUT2D eigenvalue weighted by Crippen LogP contribution is 2.37. The zero-order valence-electron chi connectivity index (χ0n) is 10.4. The first-order valence-electron chi connectivity index (χ1n) is 6.40. The van der Waals surface area contributed by atoms with Crippen LogP contribution < -0.4 is 4.90 Å². The van der Waals surface area contributed by atoms with Gasteiger partial charge in [-0.05, 0) is 37.8 Å². The molecule has 0 N–H and O–H groups in total. The average Bonchev–Trinajstić information content (AvgIpc) is 3.22. The molecule has 2 fully saturated rings. The van der Waals surface area contributed by atoms with Gasteiger partial charge in [0, 0.05) is 13.1 Å². The summed E-state index contributed by atoms with van der Waals surface area (Å²) >= 11 is 0. The molecule has 0 spiro atoms. The van der Waals surface area contributed by atoms with Crippen LogP contribution in [0.25, 0.3) is 0 Å². The fourth-order valence-electron chi connectivity index (χ4n) is 2.46. The maximum absolute atomic E-state index is 8.72. The molecule has 5 heteroatoms. The van der Waals surface area contributed by atoms with Gasteiger partial charge in [0.1, 0.15) is 6.07 Å². The van der Waals surface area contributed by atoms with Crippen molar-refractivity contribution in [2.24, 2.45) is 5.92 Å². The first-order chi connectivity index (χ1) is 8.76. The Balaban J connectivity index is 1.75. The van der Waals surface area contributed by atoms with E-state index in [0.29, 0.717) is 11.8 Å². The molecule has 1 aliphatic carbocycles. The predicted molar refractivity (Wildman–Crippen MR) is 66.0 cm³/mol. The third-order valence-electron chi connectivity index (χ3n) is 3.52. The van der Waals surface area contributed by atoms with Crippen LogP contribution in [0, 0.1) is 17.2 Å². The molecule has 0 aromatic carbocycles. The monoisotopic (exact) mass is 244 g/mol. The number of aromatic nitrogens is 2. The van der Waals surface area contributed by atoms with E-state index in [1.165, 1.54) is 12.8 Å². The van der Waals surface area contributed by atoms with Gasteiger partial charge in [-0.25, -0.2) is 0 Å². The minimum absolute atomic E-state index is 0.224. The number of anilines is 1. The van der Waals surface area contributed by atoms with Gasteiger partial charge in [0.2, 0.25) is 0 Å². The molecule has 1 aromatic rings. The summed E-state index contributed by atoms with van der Waals surface area (Å²) in [5.41, 5.74) is 0.360. The molecular formula is C13H16N4O. The molecule has 2 unspecified atom stereocenters. The first kappa shape index (κ1) is 11.4. The zero-order valence-corrected chi connectivity index (χ0v) is 10.4. The smallest absolute Gasteiger partial charge is 0.163 e. The topological polar surface area (TPSA) is 62.0 Å². The largest absolute Gasteiger partial charge is 0.371 e. The minimum Gasteiger partial charge on any atom is -0.371 e. The second-order valence-corrected chi connectivity index (χ2v) is 5.12. The lowest BCUT2D eigenvalue weighted by atomic mass is 10.1. The molecule has 1 aliphatic heterocycles.